The Morgan fingerprint density at radius 3 is 2.26 bits per heavy atom. The van der Waals surface area contributed by atoms with Gasteiger partial charge in [0, 0.05) is 10.7 Å². The van der Waals surface area contributed by atoms with Crippen molar-refractivity contribution in [3.63, 3.8) is 0 Å². The maximum absolute atomic E-state index is 12.1. The quantitative estimate of drug-likeness (QED) is 0.782. The van der Waals surface area contributed by atoms with Gasteiger partial charge in [-0.2, -0.15) is 0 Å². The molecule has 0 aromatic heterocycles. The van der Waals surface area contributed by atoms with E-state index in [1.165, 1.54) is 19.1 Å². The highest BCUT2D eigenvalue weighted by Crippen LogP contribution is 2.25. The number of nitrogens with one attached hydrogen (secondary N) is 1. The first-order valence-electron chi connectivity index (χ1n) is 6.60. The molecular weight excluding hydrogens is 361 g/mol. The summed E-state index contributed by atoms with van der Waals surface area (Å²) in [6.07, 6.45) is -1.03. The van der Waals surface area contributed by atoms with Crippen LogP contribution >= 0.6 is 34.8 Å². The molecule has 0 aliphatic rings. The van der Waals surface area contributed by atoms with Crippen LogP contribution < -0.4 is 5.32 Å². The Bertz CT molecular complexity index is 729. The normalized spacial score (nSPS) is 11.7. The smallest absolute Gasteiger partial charge is 0.341 e. The molecule has 1 atom stereocenters. The summed E-state index contributed by atoms with van der Waals surface area (Å²) in [7, 11) is 0. The largest absolute Gasteiger partial charge is 0.449 e. The molecule has 0 unspecified atom stereocenters. The molecule has 0 aliphatic heterocycles. The van der Waals surface area contributed by atoms with Crippen molar-refractivity contribution in [3.8, 4) is 0 Å². The second-order valence-corrected chi connectivity index (χ2v) is 5.89. The van der Waals surface area contributed by atoms with E-state index in [1.807, 2.05) is 0 Å². The number of hydrogen-bond donors (Lipinski definition) is 1. The molecule has 0 heterocycles. The van der Waals surface area contributed by atoms with Crippen LogP contribution in [0, 0.1) is 0 Å². The molecule has 4 nitrogen and oxygen atoms in total. The highest BCUT2D eigenvalue weighted by molar-refractivity contribution is 6.39. The van der Waals surface area contributed by atoms with Gasteiger partial charge in [-0.25, -0.2) is 4.79 Å². The molecule has 0 saturated heterocycles. The van der Waals surface area contributed by atoms with E-state index in [1.54, 1.807) is 30.3 Å². The van der Waals surface area contributed by atoms with Gasteiger partial charge in [0.1, 0.15) is 0 Å². The second kappa shape index (κ2) is 7.68. The predicted octanol–water partition coefficient (Wildman–Crippen LogP) is 4.83. The maximum Gasteiger partial charge on any atom is 0.341 e. The van der Waals surface area contributed by atoms with Crippen LogP contribution in [0.15, 0.2) is 42.5 Å². The molecule has 0 fully saturated rings. The average Bonchev–Trinajstić information content (AvgIpc) is 2.46. The summed E-state index contributed by atoms with van der Waals surface area (Å²) in [5.41, 5.74) is 0.527. The van der Waals surface area contributed by atoms with E-state index in [0.29, 0.717) is 10.7 Å². The van der Waals surface area contributed by atoms with Crippen molar-refractivity contribution in [2.45, 2.75) is 13.0 Å². The third kappa shape index (κ3) is 4.61. The third-order valence-electron chi connectivity index (χ3n) is 2.91. The van der Waals surface area contributed by atoms with Crippen LogP contribution in [0.5, 0.6) is 0 Å². The molecule has 2 rings (SSSR count). The van der Waals surface area contributed by atoms with Crippen LogP contribution in [0.2, 0.25) is 15.1 Å². The number of carbonyl (C=O) groups is 2. The Morgan fingerprint density at radius 1 is 1.04 bits per heavy atom. The van der Waals surface area contributed by atoms with E-state index in [4.69, 9.17) is 39.5 Å². The molecule has 1 N–H and O–H groups in total. The maximum atomic E-state index is 12.1. The Balaban J connectivity index is 2.05. The van der Waals surface area contributed by atoms with Gasteiger partial charge in [-0.15, -0.1) is 0 Å². The minimum absolute atomic E-state index is 0.0261. The molecule has 23 heavy (non-hydrogen) atoms. The summed E-state index contributed by atoms with van der Waals surface area (Å²) in [5, 5.41) is 3.40. The Hall–Kier alpha value is -1.75. The topological polar surface area (TPSA) is 55.4 Å². The first kappa shape index (κ1) is 17.6. The minimum Gasteiger partial charge on any atom is -0.449 e. The third-order valence-corrected chi connectivity index (χ3v) is 3.78. The number of rotatable bonds is 4. The zero-order chi connectivity index (χ0) is 17.0. The minimum atomic E-state index is -1.03. The number of anilines is 1. The first-order chi connectivity index (χ1) is 10.9. The number of amides is 1. The highest BCUT2D eigenvalue weighted by atomic mass is 35.5. The van der Waals surface area contributed by atoms with Crippen molar-refractivity contribution < 1.29 is 14.3 Å². The molecule has 7 heteroatoms. The number of hydrogen-bond acceptors (Lipinski definition) is 3. The lowest BCUT2D eigenvalue weighted by molar-refractivity contribution is -0.123. The number of carbonyl (C=O) groups excluding carboxylic acids is 2. The average molecular weight is 373 g/mol. The van der Waals surface area contributed by atoms with Crippen molar-refractivity contribution >= 4 is 52.4 Å². The number of benzene rings is 2. The van der Waals surface area contributed by atoms with Gasteiger partial charge in [0.2, 0.25) is 0 Å². The molecule has 0 radical (unpaired) electrons. The van der Waals surface area contributed by atoms with E-state index >= 15 is 0 Å². The molecule has 0 bridgehead atoms. The lowest BCUT2D eigenvalue weighted by atomic mass is 10.2. The molecular formula is C16H12Cl3NO3. The molecule has 120 valence electrons. The van der Waals surface area contributed by atoms with E-state index in [2.05, 4.69) is 5.32 Å². The van der Waals surface area contributed by atoms with E-state index in [0.717, 1.165) is 0 Å². The summed E-state index contributed by atoms with van der Waals surface area (Å²) in [4.78, 5) is 24.2. The van der Waals surface area contributed by atoms with Crippen LogP contribution in [0.4, 0.5) is 5.69 Å². The van der Waals surface area contributed by atoms with Crippen LogP contribution in [0.1, 0.15) is 17.3 Å². The van der Waals surface area contributed by atoms with Crippen molar-refractivity contribution in [1.82, 2.24) is 0 Å². The highest BCUT2D eigenvalue weighted by Gasteiger charge is 2.22. The van der Waals surface area contributed by atoms with Gasteiger partial charge in [0.25, 0.3) is 5.91 Å². The summed E-state index contributed by atoms with van der Waals surface area (Å²) in [6.45, 7) is 1.45. The first-order valence-corrected chi connectivity index (χ1v) is 7.73. The summed E-state index contributed by atoms with van der Waals surface area (Å²) < 4.78 is 5.11. The molecule has 2 aromatic rings. The molecule has 1 amide bonds. The number of esters is 1. The SMILES string of the molecule is C[C@H](OC(=O)c1c(Cl)cccc1Cl)C(=O)Nc1cccc(Cl)c1. The van der Waals surface area contributed by atoms with Gasteiger partial charge in [0.15, 0.2) is 6.10 Å². The second-order valence-electron chi connectivity index (χ2n) is 4.64. The Labute approximate surface area is 148 Å². The zero-order valence-electron chi connectivity index (χ0n) is 12.0. The van der Waals surface area contributed by atoms with E-state index in [-0.39, 0.29) is 15.6 Å². The van der Waals surface area contributed by atoms with Gasteiger partial charge < -0.3 is 10.1 Å². The van der Waals surface area contributed by atoms with Gasteiger partial charge in [-0.05, 0) is 37.3 Å². The van der Waals surface area contributed by atoms with Crippen LogP contribution in [0.3, 0.4) is 0 Å². The van der Waals surface area contributed by atoms with Crippen LogP contribution in [-0.4, -0.2) is 18.0 Å². The fraction of sp³-hybridized carbons (Fsp3) is 0.125. The fourth-order valence-corrected chi connectivity index (χ4v) is 2.52. The van der Waals surface area contributed by atoms with Crippen LogP contribution in [-0.2, 0) is 9.53 Å². The Morgan fingerprint density at radius 2 is 1.65 bits per heavy atom. The standard InChI is InChI=1S/C16H12Cl3NO3/c1-9(15(21)20-11-5-2-4-10(17)8-11)23-16(22)14-12(18)6-3-7-13(14)19/h2-9H,1H3,(H,20,21)/t9-/m0/s1. The van der Waals surface area contributed by atoms with Crippen LogP contribution in [0.25, 0.3) is 0 Å². The lowest BCUT2D eigenvalue weighted by Crippen LogP contribution is -2.30. The Kier molecular flexibility index (Phi) is 5.88. The zero-order valence-corrected chi connectivity index (χ0v) is 14.2. The van der Waals surface area contributed by atoms with Gasteiger partial charge in [-0.1, -0.05) is 46.9 Å². The summed E-state index contributed by atoms with van der Waals surface area (Å²) in [6, 6.07) is 11.3. The van der Waals surface area contributed by atoms with Crippen molar-refractivity contribution in [2.24, 2.45) is 0 Å². The monoisotopic (exact) mass is 371 g/mol. The number of ether oxygens (including phenoxy) is 1. The molecule has 0 saturated carbocycles. The van der Waals surface area contributed by atoms with Gasteiger partial charge in [-0.3, -0.25) is 4.79 Å². The molecule has 0 aliphatic carbocycles. The predicted molar refractivity (Wildman–Crippen MR) is 91.4 cm³/mol. The molecule has 2 aromatic carbocycles. The van der Waals surface area contributed by atoms with Crippen molar-refractivity contribution in [1.29, 1.82) is 0 Å². The van der Waals surface area contributed by atoms with E-state index in [9.17, 15) is 9.59 Å². The summed E-state index contributed by atoms with van der Waals surface area (Å²) in [5.74, 6) is -1.27. The fourth-order valence-electron chi connectivity index (χ4n) is 1.78. The van der Waals surface area contributed by atoms with Crippen molar-refractivity contribution in [2.75, 3.05) is 5.32 Å². The van der Waals surface area contributed by atoms with Gasteiger partial charge >= 0.3 is 5.97 Å². The molecule has 0 spiro atoms. The van der Waals surface area contributed by atoms with Gasteiger partial charge in [0.05, 0.1) is 15.6 Å². The summed E-state index contributed by atoms with van der Waals surface area (Å²) >= 11 is 17.7. The lowest BCUT2D eigenvalue weighted by Gasteiger charge is -2.14. The van der Waals surface area contributed by atoms with Crippen molar-refractivity contribution in [3.05, 3.63) is 63.1 Å². The van der Waals surface area contributed by atoms with E-state index < -0.39 is 18.0 Å². The number of halogens is 3.